The van der Waals surface area contributed by atoms with Crippen LogP contribution in [0.3, 0.4) is 0 Å². The second-order valence-corrected chi connectivity index (χ2v) is 6.75. The maximum absolute atomic E-state index is 6.10. The summed E-state index contributed by atoms with van der Waals surface area (Å²) >= 11 is 0. The summed E-state index contributed by atoms with van der Waals surface area (Å²) in [6, 6.07) is 0.317. The molecule has 1 fully saturated rings. The van der Waals surface area contributed by atoms with Crippen LogP contribution in [0.1, 0.15) is 62.2 Å². The van der Waals surface area contributed by atoms with Gasteiger partial charge in [0.05, 0.1) is 11.9 Å². The van der Waals surface area contributed by atoms with Crippen molar-refractivity contribution in [2.24, 2.45) is 7.05 Å². The summed E-state index contributed by atoms with van der Waals surface area (Å²) in [5.74, 6) is 0. The Morgan fingerprint density at radius 2 is 2.12 bits per heavy atom. The zero-order valence-corrected chi connectivity index (χ0v) is 16.0. The molecule has 0 radical (unpaired) electrons. The van der Waals surface area contributed by atoms with Crippen molar-refractivity contribution in [3.63, 3.8) is 0 Å². The summed E-state index contributed by atoms with van der Waals surface area (Å²) < 4.78 is 10.1. The SMILES string of the molecule is CCc1nn(C)c(CC)c1CN[C@H]1CCCO[C@@H]1c1cnn(CC)c1. The van der Waals surface area contributed by atoms with Gasteiger partial charge in [0.2, 0.25) is 0 Å². The van der Waals surface area contributed by atoms with Gasteiger partial charge in [0.1, 0.15) is 6.10 Å². The Bertz CT molecular complexity index is 690. The average Bonchev–Trinajstić information content (AvgIpc) is 3.23. The number of rotatable bonds is 7. The zero-order chi connectivity index (χ0) is 17.8. The average molecular weight is 345 g/mol. The normalized spacial score (nSPS) is 21.0. The van der Waals surface area contributed by atoms with Gasteiger partial charge in [0.25, 0.3) is 0 Å². The van der Waals surface area contributed by atoms with Crippen LogP contribution in [-0.2, 0) is 37.7 Å². The minimum absolute atomic E-state index is 0.0841. The van der Waals surface area contributed by atoms with Crippen LogP contribution in [0.25, 0.3) is 0 Å². The van der Waals surface area contributed by atoms with E-state index in [0.717, 1.165) is 45.4 Å². The predicted octanol–water partition coefficient (Wildman–Crippen LogP) is 2.77. The Hall–Kier alpha value is -1.66. The summed E-state index contributed by atoms with van der Waals surface area (Å²) in [5, 5.41) is 12.9. The van der Waals surface area contributed by atoms with Crippen molar-refractivity contribution in [2.45, 2.75) is 71.7 Å². The fraction of sp³-hybridized carbons (Fsp3) is 0.684. The Balaban J connectivity index is 1.74. The first-order chi connectivity index (χ1) is 12.2. The largest absolute Gasteiger partial charge is 0.372 e. The minimum Gasteiger partial charge on any atom is -0.372 e. The fourth-order valence-electron chi connectivity index (χ4n) is 3.85. The van der Waals surface area contributed by atoms with Gasteiger partial charge in [-0.15, -0.1) is 0 Å². The maximum Gasteiger partial charge on any atom is 0.101 e. The van der Waals surface area contributed by atoms with Crippen molar-refractivity contribution < 1.29 is 4.74 Å². The third kappa shape index (κ3) is 3.80. The van der Waals surface area contributed by atoms with Gasteiger partial charge in [0, 0.05) is 55.8 Å². The van der Waals surface area contributed by atoms with Gasteiger partial charge in [-0.3, -0.25) is 9.36 Å². The van der Waals surface area contributed by atoms with Gasteiger partial charge in [0.15, 0.2) is 0 Å². The van der Waals surface area contributed by atoms with E-state index in [1.165, 1.54) is 22.5 Å². The van der Waals surface area contributed by atoms with Crippen LogP contribution in [0.5, 0.6) is 0 Å². The molecule has 2 aromatic heterocycles. The molecule has 138 valence electrons. The molecule has 2 atom stereocenters. The highest BCUT2D eigenvalue weighted by Gasteiger charge is 2.28. The molecule has 1 aliphatic heterocycles. The molecular formula is C19H31N5O. The lowest BCUT2D eigenvalue weighted by Gasteiger charge is -2.32. The third-order valence-electron chi connectivity index (χ3n) is 5.20. The van der Waals surface area contributed by atoms with Gasteiger partial charge < -0.3 is 10.1 Å². The summed E-state index contributed by atoms with van der Waals surface area (Å²) in [7, 11) is 2.05. The number of hydrogen-bond acceptors (Lipinski definition) is 4. The number of ether oxygens (including phenoxy) is 1. The van der Waals surface area contributed by atoms with Crippen molar-refractivity contribution in [1.82, 2.24) is 24.9 Å². The standard InChI is InChI=1S/C19H31N5O/c1-5-16-15(18(6-2)23(4)22-16)12-20-17-9-8-10-25-19(17)14-11-21-24(7-3)13-14/h11,13,17,19-20H,5-10,12H2,1-4H3/t17-,19+/m0/s1. The van der Waals surface area contributed by atoms with E-state index in [2.05, 4.69) is 42.5 Å². The molecule has 0 aromatic carbocycles. The van der Waals surface area contributed by atoms with Gasteiger partial charge in [-0.2, -0.15) is 10.2 Å². The maximum atomic E-state index is 6.10. The third-order valence-corrected chi connectivity index (χ3v) is 5.20. The lowest BCUT2D eigenvalue weighted by molar-refractivity contribution is -0.0112. The molecule has 6 nitrogen and oxygen atoms in total. The highest BCUT2D eigenvalue weighted by molar-refractivity contribution is 5.27. The number of aromatic nitrogens is 4. The van der Waals surface area contributed by atoms with Crippen molar-refractivity contribution >= 4 is 0 Å². The predicted molar refractivity (Wildman–Crippen MR) is 98.4 cm³/mol. The quantitative estimate of drug-likeness (QED) is 0.838. The molecule has 25 heavy (non-hydrogen) atoms. The Morgan fingerprint density at radius 1 is 1.28 bits per heavy atom. The lowest BCUT2D eigenvalue weighted by Crippen LogP contribution is -2.39. The van der Waals surface area contributed by atoms with E-state index >= 15 is 0 Å². The number of hydrogen-bond donors (Lipinski definition) is 1. The van der Waals surface area contributed by atoms with E-state index in [9.17, 15) is 0 Å². The van der Waals surface area contributed by atoms with Crippen LogP contribution >= 0.6 is 0 Å². The van der Waals surface area contributed by atoms with Crippen LogP contribution in [0.15, 0.2) is 12.4 Å². The summed E-state index contributed by atoms with van der Waals surface area (Å²) in [4.78, 5) is 0. The molecule has 3 heterocycles. The van der Waals surface area contributed by atoms with Gasteiger partial charge in [-0.05, 0) is 32.6 Å². The molecule has 2 aromatic rings. The molecule has 0 spiro atoms. The Kier molecular flexibility index (Phi) is 5.91. The van der Waals surface area contributed by atoms with Crippen molar-refractivity contribution in [3.05, 3.63) is 34.9 Å². The minimum atomic E-state index is 0.0841. The van der Waals surface area contributed by atoms with Gasteiger partial charge in [-0.1, -0.05) is 13.8 Å². The topological polar surface area (TPSA) is 56.9 Å². The second kappa shape index (κ2) is 8.15. The molecule has 0 bridgehead atoms. The van der Waals surface area contributed by atoms with E-state index in [-0.39, 0.29) is 6.10 Å². The zero-order valence-electron chi connectivity index (χ0n) is 16.0. The molecule has 1 N–H and O–H groups in total. The highest BCUT2D eigenvalue weighted by Crippen LogP contribution is 2.29. The smallest absolute Gasteiger partial charge is 0.101 e. The Morgan fingerprint density at radius 3 is 2.80 bits per heavy atom. The fourth-order valence-corrected chi connectivity index (χ4v) is 3.85. The number of nitrogens with one attached hydrogen (secondary N) is 1. The molecular weight excluding hydrogens is 314 g/mol. The van der Waals surface area contributed by atoms with Crippen LogP contribution < -0.4 is 5.32 Å². The first kappa shape index (κ1) is 18.1. The van der Waals surface area contributed by atoms with Crippen LogP contribution in [0.4, 0.5) is 0 Å². The molecule has 1 saturated heterocycles. The van der Waals surface area contributed by atoms with E-state index in [1.54, 1.807) is 0 Å². The lowest BCUT2D eigenvalue weighted by atomic mass is 9.97. The molecule has 0 aliphatic carbocycles. The number of aryl methyl sites for hydroxylation is 3. The summed E-state index contributed by atoms with van der Waals surface area (Å²) in [6.07, 6.45) is 8.36. The van der Waals surface area contributed by atoms with E-state index in [4.69, 9.17) is 4.74 Å². The first-order valence-electron chi connectivity index (χ1n) is 9.58. The first-order valence-corrected chi connectivity index (χ1v) is 9.58. The van der Waals surface area contributed by atoms with E-state index in [1.807, 2.05) is 22.6 Å². The van der Waals surface area contributed by atoms with Crippen LogP contribution in [-0.4, -0.2) is 32.2 Å². The van der Waals surface area contributed by atoms with E-state index < -0.39 is 0 Å². The highest BCUT2D eigenvalue weighted by atomic mass is 16.5. The molecule has 3 rings (SSSR count). The van der Waals surface area contributed by atoms with Crippen molar-refractivity contribution in [1.29, 1.82) is 0 Å². The monoisotopic (exact) mass is 345 g/mol. The van der Waals surface area contributed by atoms with Crippen LogP contribution in [0, 0.1) is 0 Å². The Labute approximate surface area is 150 Å². The summed E-state index contributed by atoms with van der Waals surface area (Å²) in [6.45, 7) is 9.05. The molecule has 0 saturated carbocycles. The summed E-state index contributed by atoms with van der Waals surface area (Å²) in [5.41, 5.74) is 5.08. The van der Waals surface area contributed by atoms with Gasteiger partial charge >= 0.3 is 0 Å². The second-order valence-electron chi connectivity index (χ2n) is 6.75. The van der Waals surface area contributed by atoms with Crippen LogP contribution in [0.2, 0.25) is 0 Å². The van der Waals surface area contributed by atoms with Crippen molar-refractivity contribution in [3.8, 4) is 0 Å². The molecule has 6 heteroatoms. The molecule has 0 amide bonds. The van der Waals surface area contributed by atoms with Crippen molar-refractivity contribution in [2.75, 3.05) is 6.61 Å². The number of nitrogens with zero attached hydrogens (tertiary/aromatic N) is 4. The van der Waals surface area contributed by atoms with E-state index in [0.29, 0.717) is 6.04 Å². The molecule has 0 unspecified atom stereocenters. The molecule has 1 aliphatic rings. The van der Waals surface area contributed by atoms with Gasteiger partial charge in [-0.25, -0.2) is 0 Å².